The van der Waals surface area contributed by atoms with Crippen molar-refractivity contribution >= 4 is 28.7 Å². The number of nitrogens with one attached hydrogen (secondary N) is 1. The third-order valence-electron chi connectivity index (χ3n) is 3.40. The topological polar surface area (TPSA) is 56.8 Å². The van der Waals surface area contributed by atoms with Gasteiger partial charge in [-0.15, -0.1) is 0 Å². The van der Waals surface area contributed by atoms with Crippen LogP contribution in [0.2, 0.25) is 0 Å². The van der Waals surface area contributed by atoms with E-state index in [1.807, 2.05) is 48.5 Å². The quantitative estimate of drug-likeness (QED) is 0.585. The second-order valence-electron chi connectivity index (χ2n) is 5.02. The van der Waals surface area contributed by atoms with Crippen LogP contribution in [0.3, 0.4) is 0 Å². The Balaban J connectivity index is 1.47. The summed E-state index contributed by atoms with van der Waals surface area (Å²) >= 11 is 2.28. The van der Waals surface area contributed by atoms with Crippen LogP contribution in [0.25, 0.3) is 0 Å². The first kappa shape index (κ1) is 15.9. The average molecular weight is 425 g/mol. The van der Waals surface area contributed by atoms with E-state index in [1.54, 1.807) is 0 Å². The molecule has 1 unspecified atom stereocenters. The number of hydrogen-bond donors (Lipinski definition) is 1. The number of halogens is 1. The number of hydrogen-bond acceptors (Lipinski definition) is 4. The van der Waals surface area contributed by atoms with Crippen LogP contribution < -0.4 is 14.8 Å². The molecule has 1 atom stereocenters. The molecule has 3 rings (SSSR count). The summed E-state index contributed by atoms with van der Waals surface area (Å²) in [7, 11) is 0. The lowest BCUT2D eigenvalue weighted by molar-refractivity contribution is 0.140. The molecule has 1 amide bonds. The molecule has 23 heavy (non-hydrogen) atoms. The summed E-state index contributed by atoms with van der Waals surface area (Å²) in [4.78, 5) is 11.8. The second kappa shape index (κ2) is 7.54. The molecule has 0 aliphatic carbocycles. The molecular formula is C17H16INO4. The van der Waals surface area contributed by atoms with E-state index in [0.29, 0.717) is 6.54 Å². The molecular weight excluding hydrogens is 409 g/mol. The van der Waals surface area contributed by atoms with Gasteiger partial charge in [-0.3, -0.25) is 0 Å². The van der Waals surface area contributed by atoms with Gasteiger partial charge in [0.05, 0.1) is 3.92 Å². The van der Waals surface area contributed by atoms with Gasteiger partial charge in [0.1, 0.15) is 6.61 Å². The van der Waals surface area contributed by atoms with Crippen molar-refractivity contribution < 1.29 is 19.0 Å². The van der Waals surface area contributed by atoms with E-state index in [9.17, 15) is 4.79 Å². The van der Waals surface area contributed by atoms with Crippen molar-refractivity contribution in [2.75, 3.05) is 13.3 Å². The van der Waals surface area contributed by atoms with Crippen LogP contribution in [-0.4, -0.2) is 19.4 Å². The Morgan fingerprint density at radius 3 is 2.78 bits per heavy atom. The first-order valence-corrected chi connectivity index (χ1v) is 8.45. The van der Waals surface area contributed by atoms with Crippen molar-refractivity contribution in [3.8, 4) is 11.5 Å². The molecule has 6 heteroatoms. The van der Waals surface area contributed by atoms with Crippen molar-refractivity contribution in [2.45, 2.75) is 10.5 Å². The molecule has 120 valence electrons. The number of rotatable bonds is 5. The standard InChI is InChI=1S/C17H16INO4/c18-14(13-6-7-15-16(8-13)23-11-22-15)9-19-17(20)21-10-12-4-2-1-3-5-12/h1-8,14H,9-11H2,(H,19,20). The molecule has 0 saturated carbocycles. The maximum atomic E-state index is 11.8. The Kier molecular flexibility index (Phi) is 5.22. The number of amides is 1. The highest BCUT2D eigenvalue weighted by atomic mass is 127. The van der Waals surface area contributed by atoms with Gasteiger partial charge >= 0.3 is 6.09 Å². The lowest BCUT2D eigenvalue weighted by atomic mass is 10.1. The summed E-state index contributed by atoms with van der Waals surface area (Å²) in [5, 5.41) is 2.78. The minimum absolute atomic E-state index is 0.117. The van der Waals surface area contributed by atoms with Gasteiger partial charge in [-0.2, -0.15) is 0 Å². The maximum absolute atomic E-state index is 11.8. The van der Waals surface area contributed by atoms with Gasteiger partial charge in [-0.05, 0) is 23.3 Å². The molecule has 0 aromatic heterocycles. The van der Waals surface area contributed by atoms with Crippen molar-refractivity contribution in [3.63, 3.8) is 0 Å². The van der Waals surface area contributed by atoms with Gasteiger partial charge in [-0.25, -0.2) is 4.79 Å². The van der Waals surface area contributed by atoms with Gasteiger partial charge in [0.25, 0.3) is 0 Å². The van der Waals surface area contributed by atoms with Gasteiger partial charge in [0, 0.05) is 6.54 Å². The third-order valence-corrected chi connectivity index (χ3v) is 4.56. The van der Waals surface area contributed by atoms with E-state index in [1.165, 1.54) is 0 Å². The van der Waals surface area contributed by atoms with Crippen LogP contribution in [-0.2, 0) is 11.3 Å². The SMILES string of the molecule is O=C(NCC(I)c1ccc2c(c1)OCO2)OCc1ccccc1. The van der Waals surface area contributed by atoms with E-state index >= 15 is 0 Å². The first-order chi connectivity index (χ1) is 11.2. The third kappa shape index (κ3) is 4.28. The molecule has 1 heterocycles. The molecule has 0 radical (unpaired) electrons. The van der Waals surface area contributed by atoms with Gasteiger partial charge in [0.15, 0.2) is 11.5 Å². The van der Waals surface area contributed by atoms with Crippen LogP contribution in [0.5, 0.6) is 11.5 Å². The summed E-state index contributed by atoms with van der Waals surface area (Å²) in [6.45, 7) is 1.01. The summed E-state index contributed by atoms with van der Waals surface area (Å²) in [6.07, 6.45) is -0.420. The summed E-state index contributed by atoms with van der Waals surface area (Å²) in [5.41, 5.74) is 2.03. The Labute approximate surface area is 148 Å². The number of carbonyl (C=O) groups excluding carboxylic acids is 1. The van der Waals surface area contributed by atoms with E-state index in [-0.39, 0.29) is 17.3 Å². The molecule has 0 saturated heterocycles. The highest BCUT2D eigenvalue weighted by Crippen LogP contribution is 2.36. The predicted octanol–water partition coefficient (Wildman–Crippen LogP) is 3.82. The van der Waals surface area contributed by atoms with Crippen LogP contribution >= 0.6 is 22.6 Å². The molecule has 0 spiro atoms. The largest absolute Gasteiger partial charge is 0.454 e. The minimum atomic E-state index is -0.420. The molecule has 2 aromatic carbocycles. The molecule has 1 aliphatic heterocycles. The Morgan fingerprint density at radius 1 is 1.17 bits per heavy atom. The number of ether oxygens (including phenoxy) is 3. The zero-order valence-corrected chi connectivity index (χ0v) is 14.5. The van der Waals surface area contributed by atoms with E-state index in [2.05, 4.69) is 27.9 Å². The highest BCUT2D eigenvalue weighted by molar-refractivity contribution is 14.1. The Hall–Kier alpha value is -1.96. The number of alkyl carbamates (subject to hydrolysis) is 1. The Bertz CT molecular complexity index is 678. The molecule has 1 aliphatic rings. The number of benzene rings is 2. The van der Waals surface area contributed by atoms with Crippen molar-refractivity contribution in [3.05, 3.63) is 59.7 Å². The lowest BCUT2D eigenvalue weighted by Gasteiger charge is -2.12. The van der Waals surface area contributed by atoms with Crippen molar-refractivity contribution in [2.24, 2.45) is 0 Å². The molecule has 0 fully saturated rings. The van der Waals surface area contributed by atoms with Gasteiger partial charge in [0.2, 0.25) is 6.79 Å². The molecule has 0 bridgehead atoms. The molecule has 5 nitrogen and oxygen atoms in total. The zero-order chi connectivity index (χ0) is 16.1. The van der Waals surface area contributed by atoms with Gasteiger partial charge < -0.3 is 19.5 Å². The van der Waals surface area contributed by atoms with Crippen LogP contribution in [0.1, 0.15) is 15.1 Å². The Morgan fingerprint density at radius 2 is 1.96 bits per heavy atom. The minimum Gasteiger partial charge on any atom is -0.454 e. The number of carbonyl (C=O) groups is 1. The van der Waals surface area contributed by atoms with Crippen molar-refractivity contribution in [1.82, 2.24) is 5.32 Å². The predicted molar refractivity (Wildman–Crippen MR) is 94.0 cm³/mol. The van der Waals surface area contributed by atoms with Crippen LogP contribution in [0.15, 0.2) is 48.5 Å². The van der Waals surface area contributed by atoms with Gasteiger partial charge in [-0.1, -0.05) is 59.0 Å². The van der Waals surface area contributed by atoms with E-state index < -0.39 is 6.09 Å². The lowest BCUT2D eigenvalue weighted by Crippen LogP contribution is -2.27. The van der Waals surface area contributed by atoms with Crippen molar-refractivity contribution in [1.29, 1.82) is 0 Å². The van der Waals surface area contributed by atoms with Crippen LogP contribution in [0.4, 0.5) is 4.79 Å². The monoisotopic (exact) mass is 425 g/mol. The fourth-order valence-corrected chi connectivity index (χ4v) is 2.78. The van der Waals surface area contributed by atoms with E-state index in [0.717, 1.165) is 22.6 Å². The fraction of sp³-hybridized carbons (Fsp3) is 0.235. The highest BCUT2D eigenvalue weighted by Gasteiger charge is 2.17. The number of alkyl halides is 1. The smallest absolute Gasteiger partial charge is 0.407 e. The van der Waals surface area contributed by atoms with E-state index in [4.69, 9.17) is 14.2 Å². The first-order valence-electron chi connectivity index (χ1n) is 7.20. The number of fused-ring (bicyclic) bond motifs is 1. The average Bonchev–Trinajstić information content (AvgIpc) is 3.06. The fourth-order valence-electron chi connectivity index (χ4n) is 2.17. The normalized spacial score (nSPS) is 13.4. The maximum Gasteiger partial charge on any atom is 0.407 e. The summed E-state index contributed by atoms with van der Waals surface area (Å²) < 4.78 is 16.0. The summed E-state index contributed by atoms with van der Waals surface area (Å²) in [6, 6.07) is 15.4. The second-order valence-corrected chi connectivity index (χ2v) is 6.53. The summed E-state index contributed by atoms with van der Waals surface area (Å²) in [5.74, 6) is 1.50. The molecule has 1 N–H and O–H groups in total. The molecule has 2 aromatic rings. The zero-order valence-electron chi connectivity index (χ0n) is 12.3. The van der Waals surface area contributed by atoms with Crippen LogP contribution in [0, 0.1) is 0 Å².